The molecule has 2 rings (SSSR count). The van der Waals surface area contributed by atoms with Gasteiger partial charge in [-0.3, -0.25) is 0 Å². The van der Waals surface area contributed by atoms with Crippen molar-refractivity contribution in [2.45, 2.75) is 25.8 Å². The van der Waals surface area contributed by atoms with Crippen LogP contribution >= 0.6 is 11.6 Å². The van der Waals surface area contributed by atoms with Gasteiger partial charge in [0.05, 0.1) is 0 Å². The fraction of sp³-hybridized carbons (Fsp3) is 0.400. The lowest BCUT2D eigenvalue weighted by Gasteiger charge is -2.12. The molecule has 1 aliphatic rings. The fourth-order valence-corrected chi connectivity index (χ4v) is 2.36. The van der Waals surface area contributed by atoms with Crippen LogP contribution in [0.2, 0.25) is 5.02 Å². The molecule has 0 aromatic heterocycles. The molecule has 0 spiro atoms. The van der Waals surface area contributed by atoms with Crippen LogP contribution in [0.1, 0.15) is 29.2 Å². The van der Waals surface area contributed by atoms with Gasteiger partial charge in [-0.2, -0.15) is 0 Å². The van der Waals surface area contributed by atoms with E-state index in [0.717, 1.165) is 29.1 Å². The molecule has 13 heavy (non-hydrogen) atoms. The van der Waals surface area contributed by atoms with Crippen molar-refractivity contribution in [2.75, 3.05) is 5.73 Å². The van der Waals surface area contributed by atoms with Crippen LogP contribution in [-0.4, -0.2) is 0 Å². The maximum absolute atomic E-state index is 6.08. The zero-order valence-corrected chi connectivity index (χ0v) is 8.36. The number of nitrogen functional groups attached to an aromatic ring is 1. The quantitative estimate of drug-likeness (QED) is 0.625. The van der Waals surface area contributed by atoms with Gasteiger partial charge in [-0.1, -0.05) is 11.6 Å². The van der Waals surface area contributed by atoms with E-state index in [9.17, 15) is 0 Å². The van der Waals surface area contributed by atoms with Gasteiger partial charge >= 0.3 is 0 Å². The lowest BCUT2D eigenvalue weighted by atomic mass is 10.0. The van der Waals surface area contributed by atoms with Crippen LogP contribution in [0.15, 0.2) is 6.07 Å². The van der Waals surface area contributed by atoms with Crippen molar-refractivity contribution in [3.05, 3.63) is 27.8 Å². The molecule has 0 radical (unpaired) electrons. The summed E-state index contributed by atoms with van der Waals surface area (Å²) in [7, 11) is 0. The SMILES string of the molecule is Cc1c(N)cc(Cl)c2c1C(N)CC2. The Morgan fingerprint density at radius 3 is 2.92 bits per heavy atom. The van der Waals surface area contributed by atoms with Crippen molar-refractivity contribution in [3.63, 3.8) is 0 Å². The second kappa shape index (κ2) is 2.89. The van der Waals surface area contributed by atoms with Crippen molar-refractivity contribution in [1.82, 2.24) is 0 Å². The van der Waals surface area contributed by atoms with Gasteiger partial charge in [-0.25, -0.2) is 0 Å². The number of rotatable bonds is 0. The molecule has 0 saturated carbocycles. The average molecular weight is 197 g/mol. The van der Waals surface area contributed by atoms with E-state index in [2.05, 4.69) is 0 Å². The van der Waals surface area contributed by atoms with E-state index in [1.807, 2.05) is 13.0 Å². The van der Waals surface area contributed by atoms with E-state index >= 15 is 0 Å². The summed E-state index contributed by atoms with van der Waals surface area (Å²) in [5.74, 6) is 0. The summed E-state index contributed by atoms with van der Waals surface area (Å²) in [5, 5.41) is 0.769. The monoisotopic (exact) mass is 196 g/mol. The Kier molecular flexibility index (Phi) is 1.97. The van der Waals surface area contributed by atoms with Crippen molar-refractivity contribution in [3.8, 4) is 0 Å². The highest BCUT2D eigenvalue weighted by molar-refractivity contribution is 6.31. The minimum absolute atomic E-state index is 0.121. The molecule has 0 aliphatic heterocycles. The van der Waals surface area contributed by atoms with Gasteiger partial charge in [0.1, 0.15) is 0 Å². The molecule has 1 aromatic rings. The Morgan fingerprint density at radius 1 is 1.54 bits per heavy atom. The maximum atomic E-state index is 6.08. The maximum Gasteiger partial charge on any atom is 0.0462 e. The first-order valence-corrected chi connectivity index (χ1v) is 4.82. The summed E-state index contributed by atoms with van der Waals surface area (Å²) in [4.78, 5) is 0. The highest BCUT2D eigenvalue weighted by Gasteiger charge is 2.24. The molecule has 1 aromatic carbocycles. The molecule has 1 unspecified atom stereocenters. The zero-order valence-electron chi connectivity index (χ0n) is 7.60. The third-order valence-corrected chi connectivity index (χ3v) is 3.15. The first-order valence-electron chi connectivity index (χ1n) is 4.44. The molecule has 70 valence electrons. The van der Waals surface area contributed by atoms with Gasteiger partial charge in [0, 0.05) is 16.8 Å². The molecule has 2 nitrogen and oxygen atoms in total. The lowest BCUT2D eigenvalue weighted by Crippen LogP contribution is -2.08. The van der Waals surface area contributed by atoms with E-state index < -0.39 is 0 Å². The average Bonchev–Trinajstić information content (AvgIpc) is 2.44. The predicted molar refractivity (Wildman–Crippen MR) is 55.9 cm³/mol. The molecule has 1 aliphatic carbocycles. The Hall–Kier alpha value is -0.730. The normalized spacial score (nSPS) is 20.4. The number of benzene rings is 1. The largest absolute Gasteiger partial charge is 0.398 e. The number of hydrogen-bond donors (Lipinski definition) is 2. The molecular weight excluding hydrogens is 184 g/mol. The third-order valence-electron chi connectivity index (χ3n) is 2.81. The van der Waals surface area contributed by atoms with E-state index in [1.54, 1.807) is 0 Å². The minimum atomic E-state index is 0.121. The van der Waals surface area contributed by atoms with Crippen LogP contribution in [0, 0.1) is 6.92 Å². The predicted octanol–water partition coefficient (Wildman–Crippen LogP) is 2.18. The molecule has 3 heteroatoms. The van der Waals surface area contributed by atoms with Crippen LogP contribution in [0.3, 0.4) is 0 Å². The Balaban J connectivity index is 2.70. The van der Waals surface area contributed by atoms with Crippen LogP contribution in [0.25, 0.3) is 0 Å². The van der Waals surface area contributed by atoms with E-state index in [0.29, 0.717) is 0 Å². The molecule has 0 heterocycles. The van der Waals surface area contributed by atoms with E-state index in [4.69, 9.17) is 23.1 Å². The summed E-state index contributed by atoms with van der Waals surface area (Å²) >= 11 is 6.08. The van der Waals surface area contributed by atoms with Gasteiger partial charge in [0.15, 0.2) is 0 Å². The van der Waals surface area contributed by atoms with Gasteiger partial charge in [0.2, 0.25) is 0 Å². The molecule has 1 atom stereocenters. The first-order chi connectivity index (χ1) is 6.11. The summed E-state index contributed by atoms with van der Waals surface area (Å²) in [6, 6.07) is 1.95. The second-order valence-electron chi connectivity index (χ2n) is 3.61. The Bertz CT molecular complexity index is 360. The topological polar surface area (TPSA) is 52.0 Å². The smallest absolute Gasteiger partial charge is 0.0462 e. The van der Waals surface area contributed by atoms with Crippen LogP contribution in [0.5, 0.6) is 0 Å². The van der Waals surface area contributed by atoms with E-state index in [1.165, 1.54) is 11.1 Å². The standard InChI is InChI=1S/C10H13ClN2/c1-5-9(13)4-7(11)6-2-3-8(12)10(5)6/h4,8H,2-3,12-13H2,1H3. The third kappa shape index (κ3) is 1.21. The van der Waals surface area contributed by atoms with Crippen molar-refractivity contribution in [1.29, 1.82) is 0 Å². The summed E-state index contributed by atoms with van der Waals surface area (Å²) in [6.45, 7) is 2.01. The van der Waals surface area contributed by atoms with Gasteiger partial charge in [-0.15, -0.1) is 0 Å². The van der Waals surface area contributed by atoms with Gasteiger partial charge in [0.25, 0.3) is 0 Å². The Morgan fingerprint density at radius 2 is 2.23 bits per heavy atom. The number of nitrogens with two attached hydrogens (primary N) is 2. The molecule has 4 N–H and O–H groups in total. The van der Waals surface area contributed by atoms with Crippen molar-refractivity contribution < 1.29 is 0 Å². The summed E-state index contributed by atoms with van der Waals surface area (Å²) < 4.78 is 0. The molecule has 0 amide bonds. The Labute approximate surface area is 82.9 Å². The molecule has 0 fully saturated rings. The number of fused-ring (bicyclic) bond motifs is 1. The van der Waals surface area contributed by atoms with Crippen LogP contribution in [-0.2, 0) is 6.42 Å². The van der Waals surface area contributed by atoms with Gasteiger partial charge < -0.3 is 11.5 Å². The van der Waals surface area contributed by atoms with E-state index in [-0.39, 0.29) is 6.04 Å². The number of hydrogen-bond acceptors (Lipinski definition) is 2. The first kappa shape index (κ1) is 8.85. The second-order valence-corrected chi connectivity index (χ2v) is 4.02. The fourth-order valence-electron chi connectivity index (χ4n) is 2.04. The van der Waals surface area contributed by atoms with Crippen LogP contribution < -0.4 is 11.5 Å². The minimum Gasteiger partial charge on any atom is -0.398 e. The molecular formula is C10H13ClN2. The highest BCUT2D eigenvalue weighted by atomic mass is 35.5. The van der Waals surface area contributed by atoms with Gasteiger partial charge in [-0.05, 0) is 42.5 Å². The highest BCUT2D eigenvalue weighted by Crippen LogP contribution is 2.38. The lowest BCUT2D eigenvalue weighted by molar-refractivity contribution is 0.710. The summed E-state index contributed by atoms with van der Waals surface area (Å²) in [6.07, 6.45) is 1.97. The van der Waals surface area contributed by atoms with Crippen molar-refractivity contribution >= 4 is 17.3 Å². The molecule has 0 saturated heterocycles. The summed E-state index contributed by atoms with van der Waals surface area (Å²) in [5.41, 5.74) is 16.0. The molecule has 0 bridgehead atoms. The zero-order chi connectivity index (χ0) is 9.59. The number of halogens is 1. The van der Waals surface area contributed by atoms with Crippen LogP contribution in [0.4, 0.5) is 5.69 Å². The number of anilines is 1. The van der Waals surface area contributed by atoms with Crippen molar-refractivity contribution in [2.24, 2.45) is 5.73 Å².